The molecule has 0 saturated heterocycles. The summed E-state index contributed by atoms with van der Waals surface area (Å²) < 4.78 is 6.35. The number of amides is 1. The van der Waals surface area contributed by atoms with Crippen LogP contribution in [0.4, 0.5) is 10.5 Å². The zero-order chi connectivity index (χ0) is 17.4. The molecule has 126 valence electrons. The topological polar surface area (TPSA) is 49.8 Å². The number of carbonyl (C=O) groups excluding carboxylic acids is 1. The molecule has 1 aromatic carbocycles. The molecular weight excluding hydrogens is 334 g/mol. The molecule has 1 aliphatic rings. The number of aromatic hydroxyl groups is 1. The van der Waals surface area contributed by atoms with E-state index in [2.05, 4.69) is 11.6 Å². The normalized spacial score (nSPS) is 13.6. The van der Waals surface area contributed by atoms with Crippen LogP contribution in [0.25, 0.3) is 10.1 Å². The van der Waals surface area contributed by atoms with Crippen LogP contribution in [-0.4, -0.2) is 29.7 Å². The van der Waals surface area contributed by atoms with Gasteiger partial charge in [-0.1, -0.05) is 0 Å². The van der Waals surface area contributed by atoms with Crippen LogP contribution in [0.2, 0.25) is 0 Å². The Bertz CT molecular complexity index is 733. The predicted molar refractivity (Wildman–Crippen MR) is 97.3 cm³/mol. The molecule has 2 aromatic rings. The van der Waals surface area contributed by atoms with Crippen LogP contribution in [0.1, 0.15) is 31.9 Å². The number of carbonyl (C=O) groups is 1. The van der Waals surface area contributed by atoms with E-state index in [0.29, 0.717) is 6.54 Å². The second kappa shape index (κ2) is 6.57. The monoisotopic (exact) mass is 355 g/mol. The highest BCUT2D eigenvalue weighted by molar-refractivity contribution is 7.17. The van der Waals surface area contributed by atoms with E-state index in [0.717, 1.165) is 33.3 Å². The Morgan fingerprint density at radius 2 is 2.04 bits per heavy atom. The second-order valence-electron chi connectivity index (χ2n) is 6.40. The minimum Gasteiger partial charge on any atom is -0.506 e. The van der Waals surface area contributed by atoms with Crippen LogP contribution in [0.15, 0.2) is 11.4 Å². The zero-order valence-corrected chi connectivity index (χ0v) is 15.6. The first-order chi connectivity index (χ1) is 10.8. The molecule has 0 atom stereocenters. The fourth-order valence-electron chi connectivity index (χ4n) is 2.76. The molecule has 3 rings (SSSR count). The maximum atomic E-state index is 12.3. The number of aryl methyl sites for hydroxylation is 1. The number of nitrogens with zero attached hydrogens (tertiary/aromatic N) is 1. The maximum Gasteiger partial charge on any atom is 0.414 e. The number of anilines is 1. The van der Waals surface area contributed by atoms with Crippen molar-refractivity contribution in [3.05, 3.63) is 22.6 Å². The van der Waals surface area contributed by atoms with Crippen molar-refractivity contribution < 1.29 is 14.6 Å². The molecule has 1 N–H and O–H groups in total. The molecular formula is C17H22ClNO3S. The number of rotatable bonds is 0. The molecule has 0 spiro atoms. The summed E-state index contributed by atoms with van der Waals surface area (Å²) in [5, 5.41) is 13.3. The number of hydrogen-bond donors (Lipinski definition) is 1. The van der Waals surface area contributed by atoms with Crippen LogP contribution in [-0.2, 0) is 11.2 Å². The van der Waals surface area contributed by atoms with Gasteiger partial charge in [-0.15, -0.1) is 22.9 Å². The smallest absolute Gasteiger partial charge is 0.414 e. The van der Waals surface area contributed by atoms with E-state index in [1.807, 2.05) is 33.1 Å². The minimum atomic E-state index is -0.524. The molecule has 1 aromatic heterocycles. The van der Waals surface area contributed by atoms with Gasteiger partial charge in [0.2, 0.25) is 0 Å². The van der Waals surface area contributed by atoms with Gasteiger partial charge in [0.15, 0.2) is 0 Å². The third-order valence-electron chi connectivity index (χ3n) is 3.58. The molecule has 23 heavy (non-hydrogen) atoms. The summed E-state index contributed by atoms with van der Waals surface area (Å²) in [5.41, 5.74) is 2.53. The third-order valence-corrected chi connectivity index (χ3v) is 4.70. The Balaban J connectivity index is 0.000000924. The van der Waals surface area contributed by atoms with E-state index < -0.39 is 5.60 Å². The van der Waals surface area contributed by atoms with Crippen molar-refractivity contribution in [3.63, 3.8) is 0 Å². The van der Waals surface area contributed by atoms with Gasteiger partial charge in [-0.3, -0.25) is 4.90 Å². The van der Waals surface area contributed by atoms with E-state index in [9.17, 15) is 9.90 Å². The first-order valence-electron chi connectivity index (χ1n) is 7.39. The Kier molecular flexibility index (Phi) is 5.11. The van der Waals surface area contributed by atoms with Crippen LogP contribution in [0.3, 0.4) is 0 Å². The predicted octanol–water partition coefficient (Wildman–Crippen LogP) is 5.07. The molecule has 0 fully saturated rings. The van der Waals surface area contributed by atoms with Crippen LogP contribution < -0.4 is 4.90 Å². The highest BCUT2D eigenvalue weighted by Gasteiger charge is 2.31. The lowest BCUT2D eigenvalue weighted by atomic mass is 10.0. The molecule has 4 nitrogen and oxygen atoms in total. The van der Waals surface area contributed by atoms with E-state index in [1.165, 1.54) is 6.38 Å². The Hall–Kier alpha value is -1.46. The van der Waals surface area contributed by atoms with Crippen molar-refractivity contribution in [1.29, 1.82) is 0 Å². The first-order valence-corrected chi connectivity index (χ1v) is 9.02. The van der Waals surface area contributed by atoms with Gasteiger partial charge in [-0.05, 0) is 50.6 Å². The molecule has 2 heterocycles. The van der Waals surface area contributed by atoms with Crippen molar-refractivity contribution in [2.24, 2.45) is 0 Å². The number of fused-ring (bicyclic) bond motifs is 3. The number of halogens is 1. The van der Waals surface area contributed by atoms with Crippen molar-refractivity contribution in [2.45, 2.75) is 39.7 Å². The van der Waals surface area contributed by atoms with Gasteiger partial charge >= 0.3 is 6.09 Å². The summed E-state index contributed by atoms with van der Waals surface area (Å²) in [6.07, 6.45) is 1.91. The number of phenols is 1. The number of alkyl halides is 1. The Morgan fingerprint density at radius 3 is 2.65 bits per heavy atom. The largest absolute Gasteiger partial charge is 0.506 e. The molecule has 1 aliphatic heterocycles. The van der Waals surface area contributed by atoms with Crippen molar-refractivity contribution >= 4 is 44.8 Å². The zero-order valence-electron chi connectivity index (χ0n) is 14.1. The average molecular weight is 356 g/mol. The second-order valence-corrected chi connectivity index (χ2v) is 7.28. The van der Waals surface area contributed by atoms with Crippen molar-refractivity contribution in [2.75, 3.05) is 17.8 Å². The van der Waals surface area contributed by atoms with Gasteiger partial charge in [-0.25, -0.2) is 4.79 Å². The van der Waals surface area contributed by atoms with E-state index in [4.69, 9.17) is 4.74 Å². The SMILES string of the molecule is CCl.Cc1csc2c(O)cc3c(c12)CCN3C(=O)OC(C)(C)C. The van der Waals surface area contributed by atoms with Crippen LogP contribution in [0, 0.1) is 6.92 Å². The Labute approximate surface area is 145 Å². The Morgan fingerprint density at radius 1 is 1.39 bits per heavy atom. The van der Waals surface area contributed by atoms with Gasteiger partial charge in [0, 0.05) is 24.4 Å². The minimum absolute atomic E-state index is 0.234. The van der Waals surface area contributed by atoms with E-state index >= 15 is 0 Å². The number of phenolic OH excluding ortho intramolecular Hbond substituents is 1. The van der Waals surface area contributed by atoms with Gasteiger partial charge in [0.25, 0.3) is 0 Å². The van der Waals surface area contributed by atoms with Crippen LogP contribution >= 0.6 is 22.9 Å². The molecule has 0 bridgehead atoms. The van der Waals surface area contributed by atoms with Gasteiger partial charge < -0.3 is 9.84 Å². The third kappa shape index (κ3) is 3.40. The standard InChI is InChI=1S/C16H19NO3S.CH3Cl/c1-9-8-21-14-12(18)7-11-10(13(9)14)5-6-17(11)15(19)20-16(2,3)4;1-2/h7-8,18H,5-6H2,1-4H3;1H3. The summed E-state index contributed by atoms with van der Waals surface area (Å²) in [6.45, 7) is 8.19. The fraction of sp³-hybridized carbons (Fsp3) is 0.471. The fourth-order valence-corrected chi connectivity index (χ4v) is 3.76. The highest BCUT2D eigenvalue weighted by atomic mass is 35.5. The molecule has 0 aliphatic carbocycles. The quantitative estimate of drug-likeness (QED) is 0.671. The van der Waals surface area contributed by atoms with E-state index in [-0.39, 0.29) is 11.8 Å². The molecule has 1 amide bonds. The number of hydrogen-bond acceptors (Lipinski definition) is 4. The van der Waals surface area contributed by atoms with Gasteiger partial charge in [0.1, 0.15) is 11.4 Å². The first kappa shape index (κ1) is 17.9. The van der Waals surface area contributed by atoms with E-state index in [1.54, 1.807) is 22.3 Å². The summed E-state index contributed by atoms with van der Waals surface area (Å²) >= 11 is 6.18. The highest BCUT2D eigenvalue weighted by Crippen LogP contribution is 2.43. The average Bonchev–Trinajstić information content (AvgIpc) is 3.03. The lowest BCUT2D eigenvalue weighted by molar-refractivity contribution is 0.0584. The number of thiophene rings is 1. The maximum absolute atomic E-state index is 12.3. The summed E-state index contributed by atoms with van der Waals surface area (Å²) in [7, 11) is 0. The van der Waals surface area contributed by atoms with Crippen molar-refractivity contribution in [3.8, 4) is 5.75 Å². The summed E-state index contributed by atoms with van der Waals surface area (Å²) in [4.78, 5) is 13.9. The molecule has 0 unspecified atom stereocenters. The number of benzene rings is 1. The molecule has 0 radical (unpaired) electrons. The van der Waals surface area contributed by atoms with Gasteiger partial charge in [-0.2, -0.15) is 0 Å². The lowest BCUT2D eigenvalue weighted by Crippen LogP contribution is -2.35. The summed E-state index contributed by atoms with van der Waals surface area (Å²) in [6, 6.07) is 1.69. The molecule has 0 saturated carbocycles. The summed E-state index contributed by atoms with van der Waals surface area (Å²) in [5.74, 6) is 0.234. The van der Waals surface area contributed by atoms with Crippen LogP contribution in [0.5, 0.6) is 5.75 Å². The van der Waals surface area contributed by atoms with Crippen molar-refractivity contribution in [1.82, 2.24) is 0 Å². The van der Waals surface area contributed by atoms with Gasteiger partial charge in [0.05, 0.1) is 10.4 Å². The lowest BCUT2D eigenvalue weighted by Gasteiger charge is -2.24. The number of ether oxygens (including phenoxy) is 1. The molecule has 6 heteroatoms.